The van der Waals surface area contributed by atoms with E-state index in [-0.39, 0.29) is 19.2 Å². The van der Waals surface area contributed by atoms with Gasteiger partial charge in [-0.1, -0.05) is 129 Å². The molecule has 4 N–H and O–H groups in total. The van der Waals surface area contributed by atoms with E-state index in [0.29, 0.717) is 13.0 Å². The van der Waals surface area contributed by atoms with Crippen molar-refractivity contribution in [3.8, 4) is 0 Å². The molecule has 1 aliphatic heterocycles. The monoisotopic (exact) mass is 673 g/mol. The van der Waals surface area contributed by atoms with Gasteiger partial charge in [0.1, 0.15) is 30.5 Å². The fourth-order valence-corrected chi connectivity index (χ4v) is 5.84. The van der Waals surface area contributed by atoms with E-state index in [1.165, 1.54) is 109 Å². The molecule has 0 spiro atoms. The molecule has 6 unspecified atom stereocenters. The Kier molecular flexibility index (Phi) is 28.9. The van der Waals surface area contributed by atoms with Crippen LogP contribution in [-0.4, -0.2) is 89.6 Å². The van der Waals surface area contributed by atoms with Crippen LogP contribution in [0.4, 0.5) is 0 Å². The maximum absolute atomic E-state index is 12.6. The van der Waals surface area contributed by atoms with Crippen molar-refractivity contribution in [1.82, 2.24) is 0 Å². The summed E-state index contributed by atoms with van der Waals surface area (Å²) < 4.78 is 22.6. The molecule has 0 aromatic rings. The van der Waals surface area contributed by atoms with Gasteiger partial charge in [0.2, 0.25) is 0 Å². The summed E-state index contributed by atoms with van der Waals surface area (Å²) in [6.45, 7) is 4.49. The maximum Gasteiger partial charge on any atom is 0.306 e. The highest BCUT2D eigenvalue weighted by atomic mass is 16.7. The number of hydrogen-bond acceptors (Lipinski definition) is 9. The predicted octanol–water partition coefficient (Wildman–Crippen LogP) is 7.30. The van der Waals surface area contributed by atoms with Crippen molar-refractivity contribution in [2.75, 3.05) is 26.4 Å². The molecule has 0 aliphatic carbocycles. The highest BCUT2D eigenvalue weighted by Crippen LogP contribution is 2.22. The van der Waals surface area contributed by atoms with Gasteiger partial charge in [-0.25, -0.2) is 0 Å². The van der Waals surface area contributed by atoms with Crippen LogP contribution in [0.15, 0.2) is 12.2 Å². The number of rotatable bonds is 32. The molecule has 1 saturated heterocycles. The van der Waals surface area contributed by atoms with Crippen molar-refractivity contribution in [2.45, 2.75) is 198 Å². The highest BCUT2D eigenvalue weighted by Gasteiger charge is 2.44. The average molecular weight is 673 g/mol. The van der Waals surface area contributed by atoms with Crippen LogP contribution in [-0.2, 0) is 23.7 Å². The Labute approximate surface area is 286 Å². The number of esters is 1. The number of aliphatic hydroxyl groups is 4. The lowest BCUT2D eigenvalue weighted by molar-refractivity contribution is -0.305. The quantitative estimate of drug-likeness (QED) is 0.0330. The van der Waals surface area contributed by atoms with E-state index in [0.717, 1.165) is 32.1 Å². The molecule has 1 rings (SSSR count). The minimum Gasteiger partial charge on any atom is -0.457 e. The lowest BCUT2D eigenvalue weighted by Crippen LogP contribution is -2.59. The van der Waals surface area contributed by atoms with Gasteiger partial charge in [-0.15, -0.1) is 0 Å². The fraction of sp³-hybridized carbons (Fsp3) is 0.921. The molecule has 6 atom stereocenters. The lowest BCUT2D eigenvalue weighted by atomic mass is 9.99. The fourth-order valence-electron chi connectivity index (χ4n) is 5.84. The second-order valence-electron chi connectivity index (χ2n) is 13.4. The van der Waals surface area contributed by atoms with E-state index in [9.17, 15) is 25.2 Å². The number of allylic oxidation sites excluding steroid dienone is 2. The van der Waals surface area contributed by atoms with Gasteiger partial charge in [-0.3, -0.25) is 4.79 Å². The van der Waals surface area contributed by atoms with Crippen LogP contribution in [0.5, 0.6) is 0 Å². The first-order valence-corrected chi connectivity index (χ1v) is 19.3. The topological polar surface area (TPSA) is 135 Å². The summed E-state index contributed by atoms with van der Waals surface area (Å²) in [5.74, 6) is -0.322. The van der Waals surface area contributed by atoms with Crippen LogP contribution < -0.4 is 0 Å². The van der Waals surface area contributed by atoms with E-state index in [1.807, 2.05) is 0 Å². The van der Waals surface area contributed by atoms with Crippen LogP contribution in [0, 0.1) is 0 Å². The Morgan fingerprint density at radius 3 is 1.72 bits per heavy atom. The molecule has 278 valence electrons. The van der Waals surface area contributed by atoms with Crippen LogP contribution in [0.2, 0.25) is 0 Å². The average Bonchev–Trinajstić information content (AvgIpc) is 3.07. The van der Waals surface area contributed by atoms with Crippen LogP contribution in [0.3, 0.4) is 0 Å². The molecule has 47 heavy (non-hydrogen) atoms. The van der Waals surface area contributed by atoms with Crippen molar-refractivity contribution < 1.29 is 44.2 Å². The van der Waals surface area contributed by atoms with Crippen molar-refractivity contribution in [3.05, 3.63) is 12.2 Å². The van der Waals surface area contributed by atoms with E-state index >= 15 is 0 Å². The number of carbonyl (C=O) groups excluding carboxylic acids is 1. The molecule has 0 aromatic carbocycles. The van der Waals surface area contributed by atoms with Gasteiger partial charge in [0.25, 0.3) is 0 Å². The lowest BCUT2D eigenvalue weighted by Gasteiger charge is -2.39. The first-order valence-electron chi connectivity index (χ1n) is 19.3. The van der Waals surface area contributed by atoms with Gasteiger partial charge in [0, 0.05) is 13.0 Å². The van der Waals surface area contributed by atoms with E-state index in [2.05, 4.69) is 26.0 Å². The zero-order valence-corrected chi connectivity index (χ0v) is 30.0. The summed E-state index contributed by atoms with van der Waals surface area (Å²) in [7, 11) is 0. The smallest absolute Gasteiger partial charge is 0.306 e. The standard InChI is InChI=1S/C38H72O9/c1-3-5-7-9-11-12-13-14-15-16-17-18-19-20-22-24-26-28-44-30-32(46-34(40)27-25-23-21-10-8-6-4-2)31-45-38-37(43)36(42)35(41)33(29-39)47-38/h15-16,32-33,35-39,41-43H,3-14,17-31H2,1-2H3/b16-15-. The van der Waals surface area contributed by atoms with Crippen molar-refractivity contribution in [2.24, 2.45) is 0 Å². The van der Waals surface area contributed by atoms with Gasteiger partial charge < -0.3 is 39.4 Å². The largest absolute Gasteiger partial charge is 0.457 e. The summed E-state index contributed by atoms with van der Waals surface area (Å²) in [4.78, 5) is 12.6. The molecule has 9 heteroatoms. The number of aliphatic hydroxyl groups excluding tert-OH is 4. The number of ether oxygens (including phenoxy) is 4. The zero-order chi connectivity index (χ0) is 34.4. The Morgan fingerprint density at radius 1 is 0.660 bits per heavy atom. The molecule has 9 nitrogen and oxygen atoms in total. The first-order chi connectivity index (χ1) is 22.9. The first kappa shape index (κ1) is 44.0. The van der Waals surface area contributed by atoms with Crippen molar-refractivity contribution in [3.63, 3.8) is 0 Å². The molecule has 0 saturated carbocycles. The van der Waals surface area contributed by atoms with E-state index in [1.54, 1.807) is 0 Å². The molecule has 0 amide bonds. The molecule has 0 bridgehead atoms. The third kappa shape index (κ3) is 23.1. The van der Waals surface area contributed by atoms with Crippen LogP contribution >= 0.6 is 0 Å². The molecule has 1 heterocycles. The Balaban J connectivity index is 2.26. The summed E-state index contributed by atoms with van der Waals surface area (Å²) in [5, 5.41) is 39.8. The molecule has 0 radical (unpaired) electrons. The second kappa shape index (κ2) is 30.9. The van der Waals surface area contributed by atoms with Gasteiger partial charge in [-0.2, -0.15) is 0 Å². The molecular formula is C38H72O9. The van der Waals surface area contributed by atoms with Crippen LogP contribution in [0.1, 0.15) is 162 Å². The van der Waals surface area contributed by atoms with Gasteiger partial charge >= 0.3 is 5.97 Å². The minimum atomic E-state index is -1.53. The highest BCUT2D eigenvalue weighted by molar-refractivity contribution is 5.69. The van der Waals surface area contributed by atoms with E-state index in [4.69, 9.17) is 18.9 Å². The number of hydrogen-bond donors (Lipinski definition) is 4. The molecule has 1 aliphatic rings. The number of carbonyl (C=O) groups is 1. The summed E-state index contributed by atoms with van der Waals surface area (Å²) in [6, 6.07) is 0. The SMILES string of the molecule is CCCCCCCCC/C=C\CCCCCCCCOCC(COC1OC(CO)C(O)C(O)C1O)OC(=O)CCCCCCCCC. The second-order valence-corrected chi connectivity index (χ2v) is 13.4. The molecule has 0 aromatic heterocycles. The zero-order valence-electron chi connectivity index (χ0n) is 30.0. The van der Waals surface area contributed by atoms with Crippen molar-refractivity contribution >= 4 is 5.97 Å². The molecular weight excluding hydrogens is 600 g/mol. The third-order valence-corrected chi connectivity index (χ3v) is 8.93. The summed E-state index contributed by atoms with van der Waals surface area (Å²) in [5.41, 5.74) is 0. The minimum absolute atomic E-state index is 0.112. The molecule has 1 fully saturated rings. The van der Waals surface area contributed by atoms with Crippen molar-refractivity contribution in [1.29, 1.82) is 0 Å². The number of unbranched alkanes of at least 4 members (excludes halogenated alkanes) is 19. The normalized spacial score (nSPS) is 22.2. The van der Waals surface area contributed by atoms with Gasteiger partial charge in [0.15, 0.2) is 6.29 Å². The van der Waals surface area contributed by atoms with E-state index < -0.39 is 43.4 Å². The summed E-state index contributed by atoms with van der Waals surface area (Å²) >= 11 is 0. The van der Waals surface area contributed by atoms with Gasteiger partial charge in [-0.05, 0) is 38.5 Å². The maximum atomic E-state index is 12.6. The van der Waals surface area contributed by atoms with Crippen LogP contribution in [0.25, 0.3) is 0 Å². The summed E-state index contributed by atoms with van der Waals surface area (Å²) in [6.07, 6.45) is 24.0. The third-order valence-electron chi connectivity index (χ3n) is 8.93. The van der Waals surface area contributed by atoms with Gasteiger partial charge in [0.05, 0.1) is 19.8 Å². The Morgan fingerprint density at radius 2 is 1.17 bits per heavy atom. The Hall–Kier alpha value is -1.07. The predicted molar refractivity (Wildman–Crippen MR) is 187 cm³/mol. The Bertz CT molecular complexity index is 732.